The second kappa shape index (κ2) is 8.03. The third-order valence-electron chi connectivity index (χ3n) is 5.16. The number of aryl methyl sites for hydroxylation is 1. The summed E-state index contributed by atoms with van der Waals surface area (Å²) in [4.78, 5) is 53.6. The summed E-state index contributed by atoms with van der Waals surface area (Å²) < 4.78 is 5.36. The van der Waals surface area contributed by atoms with Gasteiger partial charge in [0.05, 0.1) is 11.3 Å². The van der Waals surface area contributed by atoms with Gasteiger partial charge in [0.1, 0.15) is 0 Å². The summed E-state index contributed by atoms with van der Waals surface area (Å²) in [6.07, 6.45) is 0.254. The highest BCUT2D eigenvalue weighted by Gasteiger charge is 2.27. The fourth-order valence-electron chi connectivity index (χ4n) is 3.73. The molecule has 0 aliphatic carbocycles. The second-order valence-electron chi connectivity index (χ2n) is 7.29. The van der Waals surface area contributed by atoms with Crippen LogP contribution in [-0.2, 0) is 9.53 Å². The Morgan fingerprint density at radius 1 is 1.21 bits per heavy atom. The molecule has 1 aromatic heterocycles. The van der Waals surface area contributed by atoms with E-state index in [0.717, 1.165) is 6.42 Å². The molecule has 7 nitrogen and oxygen atoms in total. The number of rotatable bonds is 6. The number of hydrogen-bond acceptors (Lipinski definition) is 5. The van der Waals surface area contributed by atoms with Crippen molar-refractivity contribution >= 4 is 29.1 Å². The van der Waals surface area contributed by atoms with Gasteiger partial charge < -0.3 is 14.6 Å². The van der Waals surface area contributed by atoms with Crippen LogP contribution in [0.1, 0.15) is 69.2 Å². The summed E-state index contributed by atoms with van der Waals surface area (Å²) in [7, 11) is 0. The SMILES string of the molecule is CC(=O)c1c(C)[nH]c(C(=O)[C@@H](C)OC(=O)c2cccc(N3CCCC3=O)c2)c1C. The van der Waals surface area contributed by atoms with Crippen LogP contribution in [0.5, 0.6) is 0 Å². The lowest BCUT2D eigenvalue weighted by Gasteiger charge is -2.17. The molecule has 1 aliphatic rings. The Morgan fingerprint density at radius 3 is 2.52 bits per heavy atom. The third-order valence-corrected chi connectivity index (χ3v) is 5.16. The van der Waals surface area contributed by atoms with Gasteiger partial charge >= 0.3 is 5.97 Å². The highest BCUT2D eigenvalue weighted by molar-refractivity contribution is 6.06. The minimum absolute atomic E-state index is 0.0259. The molecular weight excluding hydrogens is 372 g/mol. The van der Waals surface area contributed by atoms with Crippen molar-refractivity contribution in [3.05, 3.63) is 52.3 Å². The molecule has 1 atom stereocenters. The van der Waals surface area contributed by atoms with Crippen LogP contribution in [0.4, 0.5) is 5.69 Å². The predicted molar refractivity (Wildman–Crippen MR) is 108 cm³/mol. The zero-order chi connectivity index (χ0) is 21.3. The van der Waals surface area contributed by atoms with E-state index in [1.54, 1.807) is 43.0 Å². The number of aromatic amines is 1. The van der Waals surface area contributed by atoms with Crippen molar-refractivity contribution in [2.24, 2.45) is 0 Å². The fraction of sp³-hybridized carbons (Fsp3) is 0.364. The average Bonchev–Trinajstić information content (AvgIpc) is 3.23. The van der Waals surface area contributed by atoms with Crippen LogP contribution in [-0.4, -0.2) is 41.1 Å². The number of carbonyl (C=O) groups is 4. The molecule has 2 aromatic rings. The van der Waals surface area contributed by atoms with Gasteiger partial charge in [-0.15, -0.1) is 0 Å². The van der Waals surface area contributed by atoms with E-state index >= 15 is 0 Å². The number of anilines is 1. The molecule has 2 heterocycles. The molecule has 29 heavy (non-hydrogen) atoms. The van der Waals surface area contributed by atoms with Crippen molar-refractivity contribution in [2.45, 2.75) is 46.6 Å². The van der Waals surface area contributed by atoms with Crippen molar-refractivity contribution in [1.29, 1.82) is 0 Å². The Bertz CT molecular complexity index is 1000. The summed E-state index contributed by atoms with van der Waals surface area (Å²) in [5, 5.41) is 0. The van der Waals surface area contributed by atoms with Gasteiger partial charge in [-0.1, -0.05) is 6.07 Å². The standard InChI is InChI=1S/C22H24N2O5/c1-12-19(14(3)25)13(2)23-20(12)21(27)15(4)29-22(28)16-7-5-8-17(11-16)24-10-6-9-18(24)26/h5,7-8,11,15,23H,6,9-10H2,1-4H3/t15-/m1/s1. The first-order chi connectivity index (χ1) is 13.7. The number of benzene rings is 1. The first-order valence-corrected chi connectivity index (χ1v) is 9.56. The van der Waals surface area contributed by atoms with Gasteiger partial charge in [-0.2, -0.15) is 0 Å². The number of ether oxygens (including phenoxy) is 1. The Kier molecular flexibility index (Phi) is 5.68. The number of ketones is 2. The zero-order valence-electron chi connectivity index (χ0n) is 17.0. The Hall–Kier alpha value is -3.22. The number of nitrogens with zero attached hydrogens (tertiary/aromatic N) is 1. The van der Waals surface area contributed by atoms with Gasteiger partial charge in [0.2, 0.25) is 11.7 Å². The predicted octanol–water partition coefficient (Wildman–Crippen LogP) is 3.39. The van der Waals surface area contributed by atoms with Crippen LogP contribution < -0.4 is 4.90 Å². The number of esters is 1. The van der Waals surface area contributed by atoms with E-state index < -0.39 is 17.9 Å². The first kappa shape index (κ1) is 20.5. The lowest BCUT2D eigenvalue weighted by atomic mass is 10.0. The molecule has 3 rings (SSSR count). The van der Waals surface area contributed by atoms with Crippen LogP contribution in [0.15, 0.2) is 24.3 Å². The number of H-pyrrole nitrogens is 1. The Morgan fingerprint density at radius 2 is 1.93 bits per heavy atom. The smallest absolute Gasteiger partial charge is 0.338 e. The molecular formula is C22H24N2O5. The van der Waals surface area contributed by atoms with Gasteiger partial charge in [0, 0.05) is 29.9 Å². The lowest BCUT2D eigenvalue weighted by Crippen LogP contribution is -2.26. The number of nitrogens with one attached hydrogen (secondary N) is 1. The summed E-state index contributed by atoms with van der Waals surface area (Å²) in [5.74, 6) is -1.16. The van der Waals surface area contributed by atoms with Crippen LogP contribution in [0.2, 0.25) is 0 Å². The molecule has 0 unspecified atom stereocenters. The Balaban J connectivity index is 1.76. The summed E-state index contributed by atoms with van der Waals surface area (Å²) in [6, 6.07) is 6.63. The van der Waals surface area contributed by atoms with Crippen molar-refractivity contribution in [1.82, 2.24) is 4.98 Å². The van der Waals surface area contributed by atoms with Gasteiger partial charge in [-0.05, 0) is 57.9 Å². The number of carbonyl (C=O) groups excluding carboxylic acids is 4. The summed E-state index contributed by atoms with van der Waals surface area (Å²) in [6.45, 7) is 6.98. The molecule has 0 radical (unpaired) electrons. The fourth-order valence-corrected chi connectivity index (χ4v) is 3.73. The van der Waals surface area contributed by atoms with Gasteiger partial charge in [-0.3, -0.25) is 14.4 Å². The first-order valence-electron chi connectivity index (χ1n) is 9.56. The van der Waals surface area contributed by atoms with E-state index in [-0.39, 0.29) is 22.9 Å². The maximum atomic E-state index is 12.8. The van der Waals surface area contributed by atoms with Crippen LogP contribution in [0, 0.1) is 13.8 Å². The highest BCUT2D eigenvalue weighted by Crippen LogP contribution is 2.24. The largest absolute Gasteiger partial charge is 0.451 e. The van der Waals surface area contributed by atoms with E-state index in [2.05, 4.69) is 4.98 Å². The monoisotopic (exact) mass is 396 g/mol. The third kappa shape index (κ3) is 3.99. The van der Waals surface area contributed by atoms with E-state index in [9.17, 15) is 19.2 Å². The van der Waals surface area contributed by atoms with Crippen molar-refractivity contribution in [3.8, 4) is 0 Å². The van der Waals surface area contributed by atoms with E-state index in [1.807, 2.05) is 0 Å². The normalized spacial score (nSPS) is 14.8. The number of hydrogen-bond donors (Lipinski definition) is 1. The quantitative estimate of drug-likeness (QED) is 0.596. The van der Waals surface area contributed by atoms with Gasteiger partial charge in [0.25, 0.3) is 0 Å². The maximum absolute atomic E-state index is 12.8. The average molecular weight is 396 g/mol. The lowest BCUT2D eigenvalue weighted by molar-refractivity contribution is -0.117. The molecule has 0 spiro atoms. The summed E-state index contributed by atoms with van der Waals surface area (Å²) in [5.41, 5.74) is 2.82. The molecule has 1 amide bonds. The van der Waals surface area contributed by atoms with Crippen LogP contribution in [0.3, 0.4) is 0 Å². The maximum Gasteiger partial charge on any atom is 0.338 e. The van der Waals surface area contributed by atoms with Gasteiger partial charge in [-0.25, -0.2) is 4.79 Å². The molecule has 1 fully saturated rings. The van der Waals surface area contributed by atoms with Crippen molar-refractivity contribution < 1.29 is 23.9 Å². The second-order valence-corrected chi connectivity index (χ2v) is 7.29. The number of Topliss-reactive ketones (excluding diaryl/α,β-unsaturated/α-hetero) is 2. The molecule has 1 aliphatic heterocycles. The molecule has 7 heteroatoms. The van der Waals surface area contributed by atoms with Crippen molar-refractivity contribution in [2.75, 3.05) is 11.4 Å². The number of aromatic nitrogens is 1. The Labute approximate surface area is 169 Å². The van der Waals surface area contributed by atoms with E-state index in [4.69, 9.17) is 4.74 Å². The van der Waals surface area contributed by atoms with E-state index in [1.165, 1.54) is 13.8 Å². The number of amides is 1. The van der Waals surface area contributed by atoms with Crippen molar-refractivity contribution in [3.63, 3.8) is 0 Å². The molecule has 152 valence electrons. The molecule has 1 N–H and O–H groups in total. The molecule has 0 saturated carbocycles. The minimum atomic E-state index is -1.03. The van der Waals surface area contributed by atoms with Gasteiger partial charge in [0.15, 0.2) is 11.9 Å². The van der Waals surface area contributed by atoms with Crippen LogP contribution in [0.25, 0.3) is 0 Å². The minimum Gasteiger partial charge on any atom is -0.451 e. The molecule has 1 aromatic carbocycles. The molecule has 0 bridgehead atoms. The zero-order valence-corrected chi connectivity index (χ0v) is 17.0. The summed E-state index contributed by atoms with van der Waals surface area (Å²) >= 11 is 0. The van der Waals surface area contributed by atoms with Crippen LogP contribution >= 0.6 is 0 Å². The topological polar surface area (TPSA) is 96.5 Å². The van der Waals surface area contributed by atoms with E-state index in [0.29, 0.717) is 35.5 Å². The molecule has 1 saturated heterocycles. The highest BCUT2D eigenvalue weighted by atomic mass is 16.5.